The lowest BCUT2D eigenvalue weighted by atomic mass is 10.5. The Morgan fingerprint density at radius 1 is 1.11 bits per heavy atom. The van der Waals surface area contributed by atoms with Gasteiger partial charge >= 0.3 is 5.97 Å². The SMILES string of the molecule is C/C=C/COC/C=C\COC(=O)C(Br)=C(SC)SC. The van der Waals surface area contributed by atoms with Crippen LogP contribution in [0.2, 0.25) is 0 Å². The molecule has 0 heterocycles. The molecule has 3 nitrogen and oxygen atoms in total. The topological polar surface area (TPSA) is 35.5 Å². The highest BCUT2D eigenvalue weighted by molar-refractivity contribution is 9.12. The van der Waals surface area contributed by atoms with Crippen LogP contribution in [0.5, 0.6) is 0 Å². The van der Waals surface area contributed by atoms with Gasteiger partial charge in [0.1, 0.15) is 11.1 Å². The molecule has 0 saturated heterocycles. The third-order valence-electron chi connectivity index (χ3n) is 1.87. The van der Waals surface area contributed by atoms with Gasteiger partial charge in [-0.05, 0) is 41.4 Å². The largest absolute Gasteiger partial charge is 0.457 e. The van der Waals surface area contributed by atoms with E-state index >= 15 is 0 Å². The van der Waals surface area contributed by atoms with Crippen molar-refractivity contribution in [3.8, 4) is 0 Å². The van der Waals surface area contributed by atoms with E-state index in [4.69, 9.17) is 9.47 Å². The van der Waals surface area contributed by atoms with Gasteiger partial charge in [0.15, 0.2) is 0 Å². The zero-order valence-corrected chi connectivity index (χ0v) is 14.6. The molecule has 6 heteroatoms. The Hall–Kier alpha value is -0.170. The van der Waals surface area contributed by atoms with Gasteiger partial charge in [0.2, 0.25) is 0 Å². The lowest BCUT2D eigenvalue weighted by molar-refractivity contribution is -0.136. The van der Waals surface area contributed by atoms with Crippen LogP contribution in [-0.4, -0.2) is 38.3 Å². The van der Waals surface area contributed by atoms with E-state index in [0.717, 1.165) is 4.24 Å². The molecule has 0 amide bonds. The number of allylic oxidation sites excluding steroid dienone is 1. The number of ether oxygens (including phenoxy) is 2. The quantitative estimate of drug-likeness (QED) is 0.267. The Labute approximate surface area is 132 Å². The molecule has 0 aromatic rings. The first-order valence-electron chi connectivity index (χ1n) is 5.66. The second-order valence-electron chi connectivity index (χ2n) is 3.19. The predicted molar refractivity (Wildman–Crippen MR) is 88.7 cm³/mol. The van der Waals surface area contributed by atoms with Crippen LogP contribution in [0.15, 0.2) is 33.0 Å². The Kier molecular flexibility index (Phi) is 12.7. The first-order chi connectivity index (χ1) is 9.17. The first kappa shape index (κ1) is 18.8. The van der Waals surface area contributed by atoms with Gasteiger partial charge in [-0.25, -0.2) is 4.79 Å². The van der Waals surface area contributed by atoms with E-state index in [0.29, 0.717) is 17.7 Å². The molecule has 0 rings (SSSR count). The van der Waals surface area contributed by atoms with Crippen LogP contribution in [0, 0.1) is 0 Å². The van der Waals surface area contributed by atoms with Crippen LogP contribution in [0.1, 0.15) is 6.92 Å². The average Bonchev–Trinajstić information content (AvgIpc) is 2.42. The zero-order chi connectivity index (χ0) is 14.5. The first-order valence-corrected chi connectivity index (χ1v) is 8.90. The summed E-state index contributed by atoms with van der Waals surface area (Å²) in [5, 5.41) is 0. The molecule has 0 aliphatic carbocycles. The zero-order valence-electron chi connectivity index (χ0n) is 11.3. The number of esters is 1. The summed E-state index contributed by atoms with van der Waals surface area (Å²) in [5.41, 5.74) is 0. The molecule has 0 aromatic heterocycles. The van der Waals surface area contributed by atoms with E-state index in [-0.39, 0.29) is 12.6 Å². The lowest BCUT2D eigenvalue weighted by Gasteiger charge is -2.04. The smallest absolute Gasteiger partial charge is 0.347 e. The molecule has 0 saturated carbocycles. The van der Waals surface area contributed by atoms with Crippen molar-refractivity contribution >= 4 is 45.4 Å². The van der Waals surface area contributed by atoms with Crippen molar-refractivity contribution < 1.29 is 14.3 Å². The summed E-state index contributed by atoms with van der Waals surface area (Å²) in [6.07, 6.45) is 11.3. The van der Waals surface area contributed by atoms with Gasteiger partial charge in [0, 0.05) is 0 Å². The van der Waals surface area contributed by atoms with Gasteiger partial charge in [-0.3, -0.25) is 0 Å². The maximum Gasteiger partial charge on any atom is 0.347 e. The van der Waals surface area contributed by atoms with E-state index in [1.165, 1.54) is 23.5 Å². The highest BCUT2D eigenvalue weighted by Crippen LogP contribution is 2.31. The number of rotatable bonds is 9. The van der Waals surface area contributed by atoms with E-state index in [1.807, 2.05) is 37.7 Å². The molecule has 0 aliphatic heterocycles. The molecule has 19 heavy (non-hydrogen) atoms. The second kappa shape index (κ2) is 12.8. The standard InChI is InChI=1S/C13H19BrO3S2/c1-4-5-8-16-9-6-7-10-17-12(15)11(14)13(18-2)19-3/h4-7H,8-10H2,1-3H3/b5-4+,7-6-. The van der Waals surface area contributed by atoms with Crippen molar-refractivity contribution in [3.63, 3.8) is 0 Å². The monoisotopic (exact) mass is 366 g/mol. The summed E-state index contributed by atoms with van der Waals surface area (Å²) in [5.74, 6) is -0.349. The molecule has 0 bridgehead atoms. The molecule has 0 radical (unpaired) electrons. The van der Waals surface area contributed by atoms with E-state index in [2.05, 4.69) is 15.9 Å². The highest BCUT2D eigenvalue weighted by Gasteiger charge is 2.12. The van der Waals surface area contributed by atoms with Crippen molar-refractivity contribution in [1.82, 2.24) is 0 Å². The molecule has 0 aliphatic rings. The fraction of sp³-hybridized carbons (Fsp3) is 0.462. The summed E-state index contributed by atoms with van der Waals surface area (Å²) < 4.78 is 11.7. The van der Waals surface area contributed by atoms with Gasteiger partial charge in [-0.2, -0.15) is 0 Å². The minimum Gasteiger partial charge on any atom is -0.457 e. The summed E-state index contributed by atoms with van der Waals surface area (Å²) in [6.45, 7) is 3.30. The molecule has 0 atom stereocenters. The minimum absolute atomic E-state index is 0.247. The molecule has 0 N–H and O–H groups in total. The van der Waals surface area contributed by atoms with Crippen LogP contribution in [0.4, 0.5) is 0 Å². The molecule has 108 valence electrons. The van der Waals surface area contributed by atoms with Crippen molar-refractivity contribution in [3.05, 3.63) is 33.0 Å². The fourth-order valence-electron chi connectivity index (χ4n) is 0.969. The van der Waals surface area contributed by atoms with Crippen LogP contribution in [0.3, 0.4) is 0 Å². The van der Waals surface area contributed by atoms with Crippen molar-refractivity contribution in [2.24, 2.45) is 0 Å². The van der Waals surface area contributed by atoms with Crippen LogP contribution in [0.25, 0.3) is 0 Å². The average molecular weight is 367 g/mol. The summed E-state index contributed by atoms with van der Waals surface area (Å²) in [4.78, 5) is 11.6. The van der Waals surface area contributed by atoms with Gasteiger partial charge in [-0.1, -0.05) is 18.2 Å². The summed E-state index contributed by atoms with van der Waals surface area (Å²) in [7, 11) is 0. The molecule has 0 aromatic carbocycles. The second-order valence-corrected chi connectivity index (χ2v) is 5.87. The normalized spacial score (nSPS) is 11.2. The van der Waals surface area contributed by atoms with Crippen molar-refractivity contribution in [2.45, 2.75) is 6.92 Å². The Morgan fingerprint density at radius 2 is 1.68 bits per heavy atom. The van der Waals surface area contributed by atoms with E-state index in [1.54, 1.807) is 6.08 Å². The number of carbonyl (C=O) groups excluding carboxylic acids is 1. The lowest BCUT2D eigenvalue weighted by Crippen LogP contribution is -2.05. The molecule has 0 fully saturated rings. The van der Waals surface area contributed by atoms with Crippen LogP contribution >= 0.6 is 39.5 Å². The Balaban J connectivity index is 3.91. The van der Waals surface area contributed by atoms with Gasteiger partial charge < -0.3 is 9.47 Å². The Morgan fingerprint density at radius 3 is 2.26 bits per heavy atom. The van der Waals surface area contributed by atoms with Crippen LogP contribution in [-0.2, 0) is 14.3 Å². The molecule has 0 unspecified atom stereocenters. The van der Waals surface area contributed by atoms with Crippen LogP contribution < -0.4 is 0 Å². The van der Waals surface area contributed by atoms with Gasteiger partial charge in [0.05, 0.1) is 17.5 Å². The maximum absolute atomic E-state index is 11.6. The van der Waals surface area contributed by atoms with Crippen molar-refractivity contribution in [2.75, 3.05) is 32.3 Å². The summed E-state index contributed by atoms with van der Waals surface area (Å²) in [6, 6.07) is 0. The van der Waals surface area contributed by atoms with E-state index < -0.39 is 0 Å². The molecular weight excluding hydrogens is 348 g/mol. The van der Waals surface area contributed by atoms with Gasteiger partial charge in [-0.15, -0.1) is 23.5 Å². The molecule has 0 spiro atoms. The number of hydrogen-bond donors (Lipinski definition) is 0. The summed E-state index contributed by atoms with van der Waals surface area (Å²) >= 11 is 6.27. The third-order valence-corrected chi connectivity index (χ3v) is 5.27. The molecular formula is C13H19BrO3S2. The number of thioether (sulfide) groups is 2. The fourth-order valence-corrected chi connectivity index (χ4v) is 3.25. The number of halogens is 1. The van der Waals surface area contributed by atoms with E-state index in [9.17, 15) is 4.79 Å². The number of carbonyl (C=O) groups is 1. The minimum atomic E-state index is -0.349. The van der Waals surface area contributed by atoms with Gasteiger partial charge in [0.25, 0.3) is 0 Å². The number of hydrogen-bond acceptors (Lipinski definition) is 5. The maximum atomic E-state index is 11.6. The Bertz CT molecular complexity index is 346. The highest BCUT2D eigenvalue weighted by atomic mass is 79.9. The predicted octanol–water partition coefficient (Wildman–Crippen LogP) is 3.97. The third kappa shape index (κ3) is 9.38. The van der Waals surface area contributed by atoms with Crippen molar-refractivity contribution in [1.29, 1.82) is 0 Å².